The summed E-state index contributed by atoms with van der Waals surface area (Å²) >= 11 is 6.23. The summed E-state index contributed by atoms with van der Waals surface area (Å²) in [4.78, 5) is 10.2. The lowest BCUT2D eigenvalue weighted by atomic mass is 9.92. The molecule has 8 heteroatoms. The van der Waals surface area contributed by atoms with Crippen LogP contribution < -0.4 is 10.6 Å². The molecule has 3 heterocycles. The van der Waals surface area contributed by atoms with E-state index in [4.69, 9.17) is 17.3 Å². The number of halogens is 1. The van der Waals surface area contributed by atoms with E-state index in [1.165, 1.54) is 6.33 Å². The lowest BCUT2D eigenvalue weighted by Crippen LogP contribution is -2.22. The second kappa shape index (κ2) is 6.33. The van der Waals surface area contributed by atoms with Gasteiger partial charge in [0, 0.05) is 43.8 Å². The second-order valence-electron chi connectivity index (χ2n) is 6.20. The van der Waals surface area contributed by atoms with Crippen molar-refractivity contribution < 1.29 is 5.11 Å². The van der Waals surface area contributed by atoms with Gasteiger partial charge in [-0.3, -0.25) is 4.68 Å². The largest absolute Gasteiger partial charge is 0.396 e. The first kappa shape index (κ1) is 16.0. The van der Waals surface area contributed by atoms with Gasteiger partial charge in [0.15, 0.2) is 5.82 Å². The van der Waals surface area contributed by atoms with Crippen LogP contribution in [0.4, 0.5) is 11.6 Å². The van der Waals surface area contributed by atoms with Crippen LogP contribution in [-0.2, 0) is 0 Å². The van der Waals surface area contributed by atoms with Crippen LogP contribution in [0.1, 0.15) is 31.4 Å². The SMILES string of the molecule is CC(C)n1cc([C@@H]2CN(c3ncnc(N)c3Cl)C[C@H]2CO)cn1. The Bertz CT molecular complexity index is 688. The molecule has 1 aliphatic heterocycles. The summed E-state index contributed by atoms with van der Waals surface area (Å²) in [6, 6.07) is 0.310. The highest BCUT2D eigenvalue weighted by Crippen LogP contribution is 2.37. The molecule has 0 amide bonds. The van der Waals surface area contributed by atoms with Crippen molar-refractivity contribution >= 4 is 23.2 Å². The molecule has 7 nitrogen and oxygen atoms in total. The summed E-state index contributed by atoms with van der Waals surface area (Å²) < 4.78 is 1.93. The molecule has 0 bridgehead atoms. The first-order valence-electron chi connectivity index (χ1n) is 7.67. The predicted octanol–water partition coefficient (Wildman–Crippen LogP) is 1.70. The Balaban J connectivity index is 1.86. The fourth-order valence-corrected chi connectivity index (χ4v) is 3.24. The minimum Gasteiger partial charge on any atom is -0.396 e. The van der Waals surface area contributed by atoms with Crippen LogP contribution in [-0.4, -0.2) is 44.6 Å². The van der Waals surface area contributed by atoms with E-state index in [0.29, 0.717) is 30.0 Å². The maximum Gasteiger partial charge on any atom is 0.153 e. The van der Waals surface area contributed by atoms with Crippen molar-refractivity contribution in [2.45, 2.75) is 25.8 Å². The fourth-order valence-electron chi connectivity index (χ4n) is 3.03. The molecule has 1 fully saturated rings. The quantitative estimate of drug-likeness (QED) is 0.882. The molecule has 2 aromatic rings. The van der Waals surface area contributed by atoms with Gasteiger partial charge in [0.1, 0.15) is 17.2 Å². The van der Waals surface area contributed by atoms with E-state index in [1.807, 2.05) is 10.9 Å². The van der Waals surface area contributed by atoms with Crippen molar-refractivity contribution in [3.05, 3.63) is 29.3 Å². The van der Waals surface area contributed by atoms with E-state index < -0.39 is 0 Å². The van der Waals surface area contributed by atoms with Gasteiger partial charge in [0.25, 0.3) is 0 Å². The number of nitrogens with two attached hydrogens (primary N) is 1. The highest BCUT2D eigenvalue weighted by Gasteiger charge is 2.36. The van der Waals surface area contributed by atoms with Crippen LogP contribution >= 0.6 is 11.6 Å². The molecule has 0 saturated carbocycles. The summed E-state index contributed by atoms with van der Waals surface area (Å²) in [5.41, 5.74) is 6.89. The molecule has 3 rings (SSSR count). The standard InChI is InChI=1S/C15H21ClN6O/c1-9(2)22-5-10(3-20-22)12-6-21(4-11(12)7-23)15-13(16)14(17)18-8-19-15/h3,5,8-9,11-12,23H,4,6-7H2,1-2H3,(H2,17,18,19)/t11-,12-/m0/s1. The average Bonchev–Trinajstić information content (AvgIpc) is 3.16. The second-order valence-corrected chi connectivity index (χ2v) is 6.58. The van der Waals surface area contributed by atoms with Gasteiger partial charge in [-0.15, -0.1) is 0 Å². The average molecular weight is 337 g/mol. The Morgan fingerprint density at radius 2 is 2.17 bits per heavy atom. The van der Waals surface area contributed by atoms with Crippen molar-refractivity contribution in [3.8, 4) is 0 Å². The molecule has 0 aromatic carbocycles. The van der Waals surface area contributed by atoms with Gasteiger partial charge in [0.05, 0.1) is 6.20 Å². The number of anilines is 2. The van der Waals surface area contributed by atoms with Crippen molar-refractivity contribution in [1.82, 2.24) is 19.7 Å². The van der Waals surface area contributed by atoms with Crippen LogP contribution in [0.25, 0.3) is 0 Å². The maximum atomic E-state index is 9.76. The number of aromatic nitrogens is 4. The molecule has 0 radical (unpaired) electrons. The van der Waals surface area contributed by atoms with Gasteiger partial charge in [-0.25, -0.2) is 9.97 Å². The first-order chi connectivity index (χ1) is 11.0. The third-order valence-electron chi connectivity index (χ3n) is 4.35. The van der Waals surface area contributed by atoms with E-state index in [9.17, 15) is 5.11 Å². The molecular weight excluding hydrogens is 316 g/mol. The highest BCUT2D eigenvalue weighted by molar-refractivity contribution is 6.35. The number of nitrogens with zero attached hydrogens (tertiary/aromatic N) is 5. The van der Waals surface area contributed by atoms with Gasteiger partial charge in [-0.2, -0.15) is 5.10 Å². The maximum absolute atomic E-state index is 9.76. The summed E-state index contributed by atoms with van der Waals surface area (Å²) in [5, 5.41) is 14.5. The zero-order valence-corrected chi connectivity index (χ0v) is 14.0. The van der Waals surface area contributed by atoms with Crippen LogP contribution in [0.3, 0.4) is 0 Å². The smallest absolute Gasteiger partial charge is 0.153 e. The van der Waals surface area contributed by atoms with Crippen molar-refractivity contribution in [1.29, 1.82) is 0 Å². The number of aliphatic hydroxyl groups excluding tert-OH is 1. The van der Waals surface area contributed by atoms with Crippen molar-refractivity contribution in [2.24, 2.45) is 5.92 Å². The Hall–Kier alpha value is -1.86. The molecule has 1 saturated heterocycles. The molecule has 0 aliphatic carbocycles. The predicted molar refractivity (Wildman–Crippen MR) is 89.6 cm³/mol. The van der Waals surface area contributed by atoms with E-state index in [-0.39, 0.29) is 24.3 Å². The summed E-state index contributed by atoms with van der Waals surface area (Å²) in [5.74, 6) is 1.18. The van der Waals surface area contributed by atoms with Gasteiger partial charge in [-0.1, -0.05) is 11.6 Å². The Morgan fingerprint density at radius 1 is 1.39 bits per heavy atom. The van der Waals surface area contributed by atoms with Crippen molar-refractivity contribution in [3.63, 3.8) is 0 Å². The molecule has 2 aromatic heterocycles. The zero-order valence-electron chi connectivity index (χ0n) is 13.2. The topological polar surface area (TPSA) is 93.1 Å². The molecule has 2 atom stereocenters. The zero-order chi connectivity index (χ0) is 16.6. The lowest BCUT2D eigenvalue weighted by Gasteiger charge is -2.18. The van der Waals surface area contributed by atoms with Crippen LogP contribution in [0, 0.1) is 5.92 Å². The molecule has 3 N–H and O–H groups in total. The van der Waals surface area contributed by atoms with Gasteiger partial charge in [-0.05, 0) is 19.4 Å². The number of nitrogen functional groups attached to an aromatic ring is 1. The van der Waals surface area contributed by atoms with E-state index in [0.717, 1.165) is 5.56 Å². The van der Waals surface area contributed by atoms with Gasteiger partial charge in [0.2, 0.25) is 0 Å². The third kappa shape index (κ3) is 2.98. The Morgan fingerprint density at radius 3 is 2.83 bits per heavy atom. The molecule has 124 valence electrons. The Labute approximate surface area is 140 Å². The normalized spacial score (nSPS) is 21.3. The van der Waals surface area contributed by atoms with Crippen LogP contribution in [0.2, 0.25) is 5.02 Å². The molecule has 0 unspecified atom stereocenters. The third-order valence-corrected chi connectivity index (χ3v) is 4.71. The molecular formula is C15H21ClN6O. The number of hydrogen-bond acceptors (Lipinski definition) is 6. The minimum atomic E-state index is 0.103. The first-order valence-corrected chi connectivity index (χ1v) is 8.04. The molecule has 1 aliphatic rings. The number of hydrogen-bond donors (Lipinski definition) is 2. The number of rotatable bonds is 4. The number of aliphatic hydroxyl groups is 1. The van der Waals surface area contributed by atoms with Gasteiger partial charge < -0.3 is 15.7 Å². The minimum absolute atomic E-state index is 0.103. The van der Waals surface area contributed by atoms with E-state index in [2.05, 4.69) is 40.0 Å². The van der Waals surface area contributed by atoms with E-state index in [1.54, 1.807) is 0 Å². The van der Waals surface area contributed by atoms with Crippen LogP contribution in [0.5, 0.6) is 0 Å². The summed E-state index contributed by atoms with van der Waals surface area (Å²) in [7, 11) is 0. The van der Waals surface area contributed by atoms with E-state index >= 15 is 0 Å². The fraction of sp³-hybridized carbons (Fsp3) is 0.533. The highest BCUT2D eigenvalue weighted by atomic mass is 35.5. The summed E-state index contributed by atoms with van der Waals surface area (Å²) in [6.45, 7) is 5.66. The summed E-state index contributed by atoms with van der Waals surface area (Å²) in [6.07, 6.45) is 5.35. The lowest BCUT2D eigenvalue weighted by molar-refractivity contribution is 0.227. The molecule has 23 heavy (non-hydrogen) atoms. The van der Waals surface area contributed by atoms with Crippen molar-refractivity contribution in [2.75, 3.05) is 30.3 Å². The Kier molecular flexibility index (Phi) is 4.41. The monoisotopic (exact) mass is 336 g/mol. The van der Waals surface area contributed by atoms with Gasteiger partial charge >= 0.3 is 0 Å². The molecule has 0 spiro atoms. The van der Waals surface area contributed by atoms with Crippen LogP contribution in [0.15, 0.2) is 18.7 Å².